The summed E-state index contributed by atoms with van der Waals surface area (Å²) in [6.45, 7) is 4.01. The fourth-order valence-corrected chi connectivity index (χ4v) is 4.12. The molecule has 4 atom stereocenters. The van der Waals surface area contributed by atoms with E-state index >= 15 is 0 Å². The van der Waals surface area contributed by atoms with E-state index in [1.165, 1.54) is 0 Å². The van der Waals surface area contributed by atoms with E-state index < -0.39 is 11.4 Å². The smallest absolute Gasteiger partial charge is 0.309 e. The second-order valence-electron chi connectivity index (χ2n) is 5.45. The number of carboxylic acid groups (broad SMARTS) is 1. The van der Waals surface area contributed by atoms with Crippen molar-refractivity contribution in [1.82, 2.24) is 0 Å². The number of aliphatic carboxylic acids is 1. The van der Waals surface area contributed by atoms with Crippen LogP contribution < -0.4 is 0 Å². The van der Waals surface area contributed by atoms with Gasteiger partial charge in [-0.15, -0.1) is 11.6 Å². The van der Waals surface area contributed by atoms with E-state index in [4.69, 9.17) is 11.6 Å². The highest BCUT2D eigenvalue weighted by Crippen LogP contribution is 2.62. The first-order valence-electron chi connectivity index (χ1n) is 5.28. The van der Waals surface area contributed by atoms with Crippen molar-refractivity contribution in [3.63, 3.8) is 0 Å². The lowest BCUT2D eigenvalue weighted by Gasteiger charge is -2.34. The van der Waals surface area contributed by atoms with E-state index in [1.54, 1.807) is 0 Å². The minimum Gasteiger partial charge on any atom is -0.481 e. The number of hydrogen-bond acceptors (Lipinski definition) is 1. The number of fused-ring (bicyclic) bond motifs is 2. The highest BCUT2D eigenvalue weighted by atomic mass is 35.5. The van der Waals surface area contributed by atoms with Gasteiger partial charge in [0.05, 0.1) is 5.41 Å². The number of carbonyl (C=O) groups is 1. The quantitative estimate of drug-likeness (QED) is 0.685. The largest absolute Gasteiger partial charge is 0.481 e. The van der Waals surface area contributed by atoms with Crippen molar-refractivity contribution in [2.45, 2.75) is 44.9 Å². The Morgan fingerprint density at radius 2 is 2.14 bits per heavy atom. The average Bonchev–Trinajstić information content (AvgIpc) is 2.23. The first-order valence-corrected chi connectivity index (χ1v) is 5.71. The fourth-order valence-electron chi connectivity index (χ4n) is 3.53. The highest BCUT2D eigenvalue weighted by Gasteiger charge is 2.61. The molecule has 0 radical (unpaired) electrons. The molecular formula is C11H17ClO2. The van der Waals surface area contributed by atoms with Crippen molar-refractivity contribution < 1.29 is 9.90 Å². The SMILES string of the molecule is CC12CCCC(C1Cl)C(C)(C(=O)O)C2. The summed E-state index contributed by atoms with van der Waals surface area (Å²) in [6, 6.07) is 0. The third-order valence-corrected chi connectivity index (χ3v) is 5.19. The van der Waals surface area contributed by atoms with Gasteiger partial charge in [-0.2, -0.15) is 0 Å². The fraction of sp³-hybridized carbons (Fsp3) is 0.909. The molecule has 0 heterocycles. The molecule has 2 aliphatic carbocycles. The normalized spacial score (nSPS) is 51.9. The Morgan fingerprint density at radius 1 is 1.50 bits per heavy atom. The monoisotopic (exact) mass is 216 g/mol. The minimum atomic E-state index is -0.668. The number of carboxylic acids is 1. The summed E-state index contributed by atoms with van der Waals surface area (Å²) < 4.78 is 0. The van der Waals surface area contributed by atoms with Gasteiger partial charge < -0.3 is 5.11 Å². The summed E-state index contributed by atoms with van der Waals surface area (Å²) in [5.41, 5.74) is -0.532. The van der Waals surface area contributed by atoms with E-state index in [9.17, 15) is 9.90 Å². The van der Waals surface area contributed by atoms with E-state index in [-0.39, 0.29) is 16.7 Å². The van der Waals surface area contributed by atoms with Crippen LogP contribution in [-0.2, 0) is 4.79 Å². The van der Waals surface area contributed by atoms with Gasteiger partial charge in [-0.1, -0.05) is 13.3 Å². The Morgan fingerprint density at radius 3 is 2.64 bits per heavy atom. The molecule has 2 bridgehead atoms. The predicted molar refractivity (Wildman–Crippen MR) is 55.4 cm³/mol. The second kappa shape index (κ2) is 2.88. The maximum atomic E-state index is 11.3. The van der Waals surface area contributed by atoms with Gasteiger partial charge in [-0.25, -0.2) is 0 Å². The topological polar surface area (TPSA) is 37.3 Å². The molecule has 2 nitrogen and oxygen atoms in total. The molecule has 0 aromatic carbocycles. The van der Waals surface area contributed by atoms with Crippen molar-refractivity contribution in [2.75, 3.05) is 0 Å². The lowest BCUT2D eigenvalue weighted by molar-refractivity contribution is -0.150. The van der Waals surface area contributed by atoms with E-state index in [2.05, 4.69) is 6.92 Å². The summed E-state index contributed by atoms with van der Waals surface area (Å²) in [6.07, 6.45) is 3.94. The molecule has 0 aromatic rings. The van der Waals surface area contributed by atoms with Crippen LogP contribution in [0.2, 0.25) is 0 Å². The molecule has 0 aromatic heterocycles. The van der Waals surface area contributed by atoms with Crippen LogP contribution in [0.3, 0.4) is 0 Å². The maximum Gasteiger partial charge on any atom is 0.309 e. The third-order valence-electron chi connectivity index (χ3n) is 4.36. The molecule has 1 N–H and O–H groups in total. The molecule has 80 valence electrons. The second-order valence-corrected chi connectivity index (χ2v) is 5.92. The number of halogens is 1. The van der Waals surface area contributed by atoms with E-state index in [1.807, 2.05) is 6.92 Å². The van der Waals surface area contributed by atoms with Gasteiger partial charge in [0.15, 0.2) is 0 Å². The third kappa shape index (κ3) is 1.13. The van der Waals surface area contributed by atoms with Crippen LogP contribution in [-0.4, -0.2) is 16.5 Å². The van der Waals surface area contributed by atoms with Crippen molar-refractivity contribution >= 4 is 17.6 Å². The van der Waals surface area contributed by atoms with Crippen molar-refractivity contribution in [2.24, 2.45) is 16.7 Å². The zero-order valence-electron chi connectivity index (χ0n) is 8.72. The molecule has 2 saturated carbocycles. The Bertz CT molecular complexity index is 278. The van der Waals surface area contributed by atoms with Crippen LogP contribution in [0.4, 0.5) is 0 Å². The zero-order valence-corrected chi connectivity index (χ0v) is 9.47. The van der Waals surface area contributed by atoms with Crippen molar-refractivity contribution in [3.05, 3.63) is 0 Å². The molecule has 4 unspecified atom stereocenters. The van der Waals surface area contributed by atoms with Crippen molar-refractivity contribution in [1.29, 1.82) is 0 Å². The highest BCUT2D eigenvalue weighted by molar-refractivity contribution is 6.22. The molecule has 0 spiro atoms. The Balaban J connectivity index is 2.38. The van der Waals surface area contributed by atoms with E-state index in [0.717, 1.165) is 25.7 Å². The Kier molecular flexibility index (Phi) is 2.11. The maximum absolute atomic E-state index is 11.3. The average molecular weight is 217 g/mol. The van der Waals surface area contributed by atoms with Crippen molar-refractivity contribution in [3.8, 4) is 0 Å². The summed E-state index contributed by atoms with van der Waals surface area (Å²) in [4.78, 5) is 11.3. The molecule has 3 heteroatoms. The molecule has 0 amide bonds. The molecule has 2 rings (SSSR count). The van der Waals surface area contributed by atoms with Crippen LogP contribution >= 0.6 is 11.6 Å². The van der Waals surface area contributed by atoms with Crippen LogP contribution in [0, 0.1) is 16.7 Å². The molecule has 0 saturated heterocycles. The summed E-state index contributed by atoms with van der Waals surface area (Å²) in [5.74, 6) is -0.501. The van der Waals surface area contributed by atoms with Gasteiger partial charge in [0.1, 0.15) is 0 Å². The minimum absolute atomic E-state index is 0.0531. The lowest BCUT2D eigenvalue weighted by Crippen LogP contribution is -2.35. The van der Waals surface area contributed by atoms with Gasteiger partial charge >= 0.3 is 5.97 Å². The van der Waals surface area contributed by atoms with Gasteiger partial charge in [-0.3, -0.25) is 4.79 Å². The summed E-state index contributed by atoms with van der Waals surface area (Å²) in [5, 5.41) is 9.35. The number of alkyl halides is 1. The van der Waals surface area contributed by atoms with Gasteiger partial charge in [-0.05, 0) is 37.5 Å². The Labute approximate surface area is 89.6 Å². The summed E-state index contributed by atoms with van der Waals surface area (Å²) >= 11 is 6.39. The Hall–Kier alpha value is -0.240. The first-order chi connectivity index (χ1) is 6.40. The molecule has 2 fully saturated rings. The number of rotatable bonds is 1. The summed E-state index contributed by atoms with van der Waals surface area (Å²) in [7, 11) is 0. The first kappa shape index (κ1) is 10.3. The van der Waals surface area contributed by atoms with Gasteiger partial charge in [0.2, 0.25) is 0 Å². The standard InChI is InChI=1S/C11H17ClO2/c1-10-5-3-4-7(8(10)12)11(2,6-10)9(13)14/h7-8H,3-6H2,1-2H3,(H,13,14). The zero-order chi connectivity index (χ0) is 10.6. The van der Waals surface area contributed by atoms with Gasteiger partial charge in [0.25, 0.3) is 0 Å². The number of hydrogen-bond donors (Lipinski definition) is 1. The lowest BCUT2D eigenvalue weighted by atomic mass is 9.76. The van der Waals surface area contributed by atoms with Gasteiger partial charge in [0, 0.05) is 5.38 Å². The van der Waals surface area contributed by atoms with E-state index in [0.29, 0.717) is 0 Å². The molecule has 0 aliphatic heterocycles. The van der Waals surface area contributed by atoms with Crippen LogP contribution in [0.15, 0.2) is 0 Å². The van der Waals surface area contributed by atoms with Crippen LogP contribution in [0.5, 0.6) is 0 Å². The van der Waals surface area contributed by atoms with Crippen LogP contribution in [0.1, 0.15) is 39.5 Å². The molecule has 14 heavy (non-hydrogen) atoms. The van der Waals surface area contributed by atoms with Crippen LogP contribution in [0.25, 0.3) is 0 Å². The molecule has 2 aliphatic rings. The molecular weight excluding hydrogens is 200 g/mol. The predicted octanol–water partition coefficient (Wildman–Crippen LogP) is 2.89.